The molecule has 0 bridgehead atoms. The molecule has 0 spiro atoms. The summed E-state index contributed by atoms with van der Waals surface area (Å²) >= 11 is 0. The predicted molar refractivity (Wildman–Crippen MR) is 59.4 cm³/mol. The van der Waals surface area contributed by atoms with Crippen molar-refractivity contribution in [2.45, 2.75) is 0 Å². The Kier molecular flexibility index (Phi) is 2.74. The van der Waals surface area contributed by atoms with Gasteiger partial charge in [0.1, 0.15) is 5.82 Å². The molecule has 0 aliphatic rings. The van der Waals surface area contributed by atoms with E-state index in [2.05, 4.69) is 10.3 Å². The van der Waals surface area contributed by atoms with E-state index in [1.54, 1.807) is 6.07 Å². The molecule has 74 valence electrons. The lowest BCUT2D eigenvalue weighted by Crippen LogP contribution is -1.97. The van der Waals surface area contributed by atoms with Crippen molar-refractivity contribution in [1.29, 1.82) is 0 Å². The molecule has 0 saturated carbocycles. The second-order valence-corrected chi connectivity index (χ2v) is 3.04. The summed E-state index contributed by atoms with van der Waals surface area (Å²) in [5, 5.41) is 2.53. The molecule has 0 saturated heterocycles. The van der Waals surface area contributed by atoms with E-state index in [0.29, 0.717) is 12.2 Å². The van der Waals surface area contributed by atoms with Crippen molar-refractivity contribution in [3.05, 3.63) is 48.5 Å². The van der Waals surface area contributed by atoms with Crippen LogP contribution in [0.5, 0.6) is 0 Å². The zero-order valence-corrected chi connectivity index (χ0v) is 8.05. The van der Waals surface area contributed by atoms with Gasteiger partial charge in [0.2, 0.25) is 6.41 Å². The summed E-state index contributed by atoms with van der Waals surface area (Å²) in [4.78, 5) is 14.6. The molecule has 1 heterocycles. The van der Waals surface area contributed by atoms with Crippen LogP contribution in [-0.2, 0) is 4.79 Å². The van der Waals surface area contributed by atoms with Gasteiger partial charge in [-0.25, -0.2) is 4.98 Å². The number of hydrogen-bond acceptors (Lipinski definition) is 2. The Morgan fingerprint density at radius 3 is 2.53 bits per heavy atom. The average molecular weight is 198 g/mol. The van der Waals surface area contributed by atoms with Gasteiger partial charge in [-0.1, -0.05) is 36.4 Å². The first-order valence-corrected chi connectivity index (χ1v) is 4.63. The van der Waals surface area contributed by atoms with Crippen molar-refractivity contribution >= 4 is 12.2 Å². The van der Waals surface area contributed by atoms with Gasteiger partial charge in [0.15, 0.2) is 0 Å². The van der Waals surface area contributed by atoms with Crippen LogP contribution in [0, 0.1) is 0 Å². The number of rotatable bonds is 3. The molecule has 0 fully saturated rings. The fourth-order valence-corrected chi connectivity index (χ4v) is 1.35. The maximum atomic E-state index is 10.3. The third-order valence-corrected chi connectivity index (χ3v) is 2.03. The molecule has 1 amide bonds. The van der Waals surface area contributed by atoms with Crippen LogP contribution in [0.1, 0.15) is 0 Å². The van der Waals surface area contributed by atoms with Gasteiger partial charge in [-0.3, -0.25) is 4.79 Å². The highest BCUT2D eigenvalue weighted by atomic mass is 16.1. The average Bonchev–Trinajstić information content (AvgIpc) is 2.31. The third kappa shape index (κ3) is 2.20. The Labute approximate surface area is 87.8 Å². The Hall–Kier alpha value is -2.16. The topological polar surface area (TPSA) is 42.0 Å². The minimum absolute atomic E-state index is 0.561. The number of carbonyl (C=O) groups excluding carboxylic acids is 1. The minimum atomic E-state index is 0.561. The van der Waals surface area contributed by atoms with Crippen LogP contribution in [0.3, 0.4) is 0 Å². The lowest BCUT2D eigenvalue weighted by Gasteiger charge is -2.02. The Morgan fingerprint density at radius 1 is 1.00 bits per heavy atom. The molecule has 2 aromatic rings. The fraction of sp³-hybridized carbons (Fsp3) is 0. The lowest BCUT2D eigenvalue weighted by molar-refractivity contribution is -0.105. The monoisotopic (exact) mass is 198 g/mol. The second kappa shape index (κ2) is 4.37. The summed E-state index contributed by atoms with van der Waals surface area (Å²) in [6, 6.07) is 15.3. The molecule has 0 aliphatic heterocycles. The molecule has 1 N–H and O–H groups in total. The van der Waals surface area contributed by atoms with Gasteiger partial charge < -0.3 is 5.32 Å². The number of amides is 1. The molecular weight excluding hydrogens is 188 g/mol. The summed E-state index contributed by atoms with van der Waals surface area (Å²) in [6.45, 7) is 0. The molecule has 1 aromatic heterocycles. The summed E-state index contributed by atoms with van der Waals surface area (Å²) in [5.41, 5.74) is 1.88. The Balaban J connectivity index is 2.37. The van der Waals surface area contributed by atoms with Crippen LogP contribution in [0.4, 0.5) is 5.82 Å². The molecule has 0 unspecified atom stereocenters. The number of hydrogen-bond donors (Lipinski definition) is 1. The number of nitrogens with one attached hydrogen (secondary N) is 1. The van der Waals surface area contributed by atoms with E-state index in [9.17, 15) is 4.79 Å². The summed E-state index contributed by atoms with van der Waals surface area (Å²) in [7, 11) is 0. The van der Waals surface area contributed by atoms with Crippen molar-refractivity contribution in [2.75, 3.05) is 5.32 Å². The number of anilines is 1. The largest absolute Gasteiger partial charge is 0.313 e. The molecule has 3 heteroatoms. The summed E-state index contributed by atoms with van der Waals surface area (Å²) < 4.78 is 0. The van der Waals surface area contributed by atoms with Gasteiger partial charge in [0.05, 0.1) is 5.69 Å². The van der Waals surface area contributed by atoms with Crippen molar-refractivity contribution in [1.82, 2.24) is 4.98 Å². The van der Waals surface area contributed by atoms with Crippen molar-refractivity contribution in [2.24, 2.45) is 0 Å². The highest BCUT2D eigenvalue weighted by Crippen LogP contribution is 2.17. The van der Waals surface area contributed by atoms with Gasteiger partial charge >= 0.3 is 0 Å². The third-order valence-electron chi connectivity index (χ3n) is 2.03. The lowest BCUT2D eigenvalue weighted by atomic mass is 10.1. The smallest absolute Gasteiger partial charge is 0.212 e. The summed E-state index contributed by atoms with van der Waals surface area (Å²) in [5.74, 6) is 0.561. The molecule has 0 atom stereocenters. The number of aromatic nitrogens is 1. The van der Waals surface area contributed by atoms with Crippen LogP contribution in [0.2, 0.25) is 0 Å². The van der Waals surface area contributed by atoms with Crippen LogP contribution >= 0.6 is 0 Å². The van der Waals surface area contributed by atoms with Crippen LogP contribution < -0.4 is 5.32 Å². The predicted octanol–water partition coefficient (Wildman–Crippen LogP) is 2.32. The quantitative estimate of drug-likeness (QED) is 0.769. The van der Waals surface area contributed by atoms with E-state index in [1.165, 1.54) is 0 Å². The van der Waals surface area contributed by atoms with Gasteiger partial charge in [0, 0.05) is 5.56 Å². The number of pyridine rings is 1. The van der Waals surface area contributed by atoms with E-state index in [-0.39, 0.29) is 0 Å². The Bertz CT molecular complexity index is 454. The van der Waals surface area contributed by atoms with Gasteiger partial charge in [0.25, 0.3) is 0 Å². The SMILES string of the molecule is O=CNc1cccc(-c2ccccc2)n1. The van der Waals surface area contributed by atoms with E-state index in [1.807, 2.05) is 42.5 Å². The van der Waals surface area contributed by atoms with Gasteiger partial charge in [-0.2, -0.15) is 0 Å². The van der Waals surface area contributed by atoms with E-state index in [4.69, 9.17) is 0 Å². The highest BCUT2D eigenvalue weighted by Gasteiger charge is 1.98. The zero-order chi connectivity index (χ0) is 10.5. The molecule has 1 aromatic carbocycles. The molecule has 2 rings (SSSR count). The molecule has 0 aliphatic carbocycles. The molecule has 0 radical (unpaired) electrons. The normalized spacial score (nSPS) is 9.60. The number of nitrogens with zero attached hydrogens (tertiary/aromatic N) is 1. The van der Waals surface area contributed by atoms with Crippen molar-refractivity contribution in [3.8, 4) is 11.3 Å². The van der Waals surface area contributed by atoms with Crippen LogP contribution in [0.15, 0.2) is 48.5 Å². The minimum Gasteiger partial charge on any atom is -0.313 e. The van der Waals surface area contributed by atoms with Gasteiger partial charge in [-0.05, 0) is 12.1 Å². The fourth-order valence-electron chi connectivity index (χ4n) is 1.35. The first-order valence-electron chi connectivity index (χ1n) is 4.63. The summed E-state index contributed by atoms with van der Waals surface area (Å²) in [6.07, 6.45) is 0.622. The van der Waals surface area contributed by atoms with Crippen LogP contribution in [0.25, 0.3) is 11.3 Å². The highest BCUT2D eigenvalue weighted by molar-refractivity contribution is 5.70. The number of carbonyl (C=O) groups is 1. The van der Waals surface area contributed by atoms with Crippen molar-refractivity contribution < 1.29 is 4.79 Å². The van der Waals surface area contributed by atoms with Crippen LogP contribution in [-0.4, -0.2) is 11.4 Å². The first-order chi connectivity index (χ1) is 7.40. The molecule has 15 heavy (non-hydrogen) atoms. The van der Waals surface area contributed by atoms with E-state index in [0.717, 1.165) is 11.3 Å². The zero-order valence-electron chi connectivity index (χ0n) is 8.05. The molecular formula is C12H10N2O. The van der Waals surface area contributed by atoms with E-state index >= 15 is 0 Å². The van der Waals surface area contributed by atoms with Gasteiger partial charge in [-0.15, -0.1) is 0 Å². The second-order valence-electron chi connectivity index (χ2n) is 3.04. The Morgan fingerprint density at radius 2 is 1.80 bits per heavy atom. The maximum absolute atomic E-state index is 10.3. The standard InChI is InChI=1S/C12H10N2O/c15-9-13-12-8-4-7-11(14-12)10-5-2-1-3-6-10/h1-9H,(H,13,14,15). The first kappa shape index (κ1) is 9.40. The molecule has 3 nitrogen and oxygen atoms in total. The maximum Gasteiger partial charge on any atom is 0.212 e. The van der Waals surface area contributed by atoms with Crippen molar-refractivity contribution in [3.63, 3.8) is 0 Å². The number of benzene rings is 1. The van der Waals surface area contributed by atoms with E-state index < -0.39 is 0 Å².